The van der Waals surface area contributed by atoms with E-state index in [-0.39, 0.29) is 36.7 Å². The molecule has 1 aromatic carbocycles. The first-order valence-corrected chi connectivity index (χ1v) is 7.44. The Kier molecular flexibility index (Phi) is 6.84. The highest BCUT2D eigenvalue weighted by Crippen LogP contribution is 2.30. The van der Waals surface area contributed by atoms with Gasteiger partial charge in [0.05, 0.1) is 0 Å². The SMILES string of the molecule is CC(C)(CN)NC(=O)COc1cccc(NC(=O)C2CC2)c1.Cl. The fraction of sp³-hybridized carbons (Fsp3) is 0.500. The highest BCUT2D eigenvalue weighted by molar-refractivity contribution is 5.94. The minimum absolute atomic E-state index is 0. The number of hydrogen-bond acceptors (Lipinski definition) is 4. The van der Waals surface area contributed by atoms with Gasteiger partial charge in [0.2, 0.25) is 5.91 Å². The van der Waals surface area contributed by atoms with E-state index < -0.39 is 5.54 Å². The molecule has 128 valence electrons. The van der Waals surface area contributed by atoms with Crippen LogP contribution in [-0.4, -0.2) is 30.5 Å². The molecule has 1 aromatic rings. The maximum Gasteiger partial charge on any atom is 0.258 e. The van der Waals surface area contributed by atoms with Crippen LogP contribution in [0.2, 0.25) is 0 Å². The van der Waals surface area contributed by atoms with E-state index in [1.54, 1.807) is 24.3 Å². The molecule has 4 N–H and O–H groups in total. The number of nitrogens with one attached hydrogen (secondary N) is 2. The second-order valence-electron chi connectivity index (χ2n) is 6.22. The lowest BCUT2D eigenvalue weighted by Crippen LogP contribution is -2.50. The number of carbonyl (C=O) groups is 2. The average molecular weight is 342 g/mol. The summed E-state index contributed by atoms with van der Waals surface area (Å²) in [4.78, 5) is 23.5. The number of ether oxygens (including phenoxy) is 1. The van der Waals surface area contributed by atoms with Crippen molar-refractivity contribution in [1.29, 1.82) is 0 Å². The molecule has 23 heavy (non-hydrogen) atoms. The largest absolute Gasteiger partial charge is 0.484 e. The van der Waals surface area contributed by atoms with Crippen LogP contribution in [0.25, 0.3) is 0 Å². The number of benzene rings is 1. The van der Waals surface area contributed by atoms with Crippen LogP contribution in [0.15, 0.2) is 24.3 Å². The zero-order chi connectivity index (χ0) is 16.2. The average Bonchev–Trinajstić information content (AvgIpc) is 3.30. The summed E-state index contributed by atoms with van der Waals surface area (Å²) in [7, 11) is 0. The third-order valence-electron chi connectivity index (χ3n) is 3.41. The van der Waals surface area contributed by atoms with Crippen molar-refractivity contribution in [1.82, 2.24) is 5.32 Å². The third kappa shape index (κ3) is 6.46. The molecule has 0 aromatic heterocycles. The van der Waals surface area contributed by atoms with Crippen molar-refractivity contribution in [2.75, 3.05) is 18.5 Å². The Morgan fingerprint density at radius 3 is 2.65 bits per heavy atom. The van der Waals surface area contributed by atoms with Crippen molar-refractivity contribution < 1.29 is 14.3 Å². The molecule has 7 heteroatoms. The molecule has 1 fully saturated rings. The monoisotopic (exact) mass is 341 g/mol. The van der Waals surface area contributed by atoms with Crippen molar-refractivity contribution in [3.63, 3.8) is 0 Å². The third-order valence-corrected chi connectivity index (χ3v) is 3.41. The Morgan fingerprint density at radius 2 is 2.04 bits per heavy atom. The smallest absolute Gasteiger partial charge is 0.258 e. The summed E-state index contributed by atoms with van der Waals surface area (Å²) in [6.45, 7) is 3.95. The predicted octanol–water partition coefficient (Wildman–Crippen LogP) is 1.69. The summed E-state index contributed by atoms with van der Waals surface area (Å²) in [5.74, 6) is 0.491. The number of halogens is 1. The standard InChI is InChI=1S/C16H23N3O3.ClH/c1-16(2,10-17)19-14(20)9-22-13-5-3-4-12(8-13)18-15(21)11-6-7-11;/h3-5,8,11H,6-7,9-10,17H2,1-2H3,(H,18,21)(H,19,20);1H. The summed E-state index contributed by atoms with van der Waals surface area (Å²) < 4.78 is 5.45. The Morgan fingerprint density at radius 1 is 1.35 bits per heavy atom. The molecule has 1 saturated carbocycles. The Labute approximate surface area is 142 Å². The Balaban J connectivity index is 0.00000264. The minimum atomic E-state index is -0.458. The molecule has 0 atom stereocenters. The minimum Gasteiger partial charge on any atom is -0.484 e. The molecule has 0 saturated heterocycles. The van der Waals surface area contributed by atoms with Crippen LogP contribution in [0.4, 0.5) is 5.69 Å². The van der Waals surface area contributed by atoms with Crippen LogP contribution in [0.1, 0.15) is 26.7 Å². The number of hydrogen-bond donors (Lipinski definition) is 3. The lowest BCUT2D eigenvalue weighted by molar-refractivity contribution is -0.124. The fourth-order valence-electron chi connectivity index (χ4n) is 1.87. The summed E-state index contributed by atoms with van der Waals surface area (Å²) >= 11 is 0. The van der Waals surface area contributed by atoms with E-state index in [2.05, 4.69) is 10.6 Å². The van der Waals surface area contributed by atoms with Gasteiger partial charge in [0.15, 0.2) is 6.61 Å². The van der Waals surface area contributed by atoms with Gasteiger partial charge < -0.3 is 21.1 Å². The van der Waals surface area contributed by atoms with E-state index in [0.717, 1.165) is 12.8 Å². The summed E-state index contributed by atoms with van der Waals surface area (Å²) in [6, 6.07) is 7.03. The molecular formula is C16H24ClN3O3. The van der Waals surface area contributed by atoms with E-state index in [9.17, 15) is 9.59 Å². The first-order valence-electron chi connectivity index (χ1n) is 7.44. The number of rotatable bonds is 7. The number of anilines is 1. The molecular weight excluding hydrogens is 318 g/mol. The lowest BCUT2D eigenvalue weighted by Gasteiger charge is -2.24. The molecule has 0 radical (unpaired) electrons. The number of carbonyl (C=O) groups excluding carboxylic acids is 2. The highest BCUT2D eigenvalue weighted by Gasteiger charge is 2.29. The maximum atomic E-state index is 11.8. The van der Waals surface area contributed by atoms with E-state index >= 15 is 0 Å². The van der Waals surface area contributed by atoms with Crippen LogP contribution in [0.5, 0.6) is 5.75 Å². The summed E-state index contributed by atoms with van der Waals surface area (Å²) in [5, 5.41) is 5.63. The van der Waals surface area contributed by atoms with Crippen molar-refractivity contribution >= 4 is 29.9 Å². The normalized spacial score (nSPS) is 13.7. The van der Waals surface area contributed by atoms with Crippen molar-refractivity contribution in [3.8, 4) is 5.75 Å². The van der Waals surface area contributed by atoms with Gasteiger partial charge in [-0.1, -0.05) is 6.07 Å². The van der Waals surface area contributed by atoms with Gasteiger partial charge in [0.25, 0.3) is 5.91 Å². The Bertz CT molecular complexity index is 559. The van der Waals surface area contributed by atoms with Crippen molar-refractivity contribution in [2.24, 2.45) is 11.7 Å². The van der Waals surface area contributed by atoms with Gasteiger partial charge in [-0.2, -0.15) is 0 Å². The van der Waals surface area contributed by atoms with Gasteiger partial charge in [-0.25, -0.2) is 0 Å². The van der Waals surface area contributed by atoms with Gasteiger partial charge in [0, 0.05) is 29.8 Å². The van der Waals surface area contributed by atoms with E-state index in [1.165, 1.54) is 0 Å². The predicted molar refractivity (Wildman–Crippen MR) is 91.8 cm³/mol. The molecule has 1 aliphatic carbocycles. The van der Waals surface area contributed by atoms with Crippen molar-refractivity contribution in [3.05, 3.63) is 24.3 Å². The summed E-state index contributed by atoms with van der Waals surface area (Å²) in [5.41, 5.74) is 5.78. The van der Waals surface area contributed by atoms with Crippen LogP contribution in [0, 0.1) is 5.92 Å². The second-order valence-corrected chi connectivity index (χ2v) is 6.22. The zero-order valence-corrected chi connectivity index (χ0v) is 14.2. The molecule has 0 aliphatic heterocycles. The maximum absolute atomic E-state index is 11.8. The lowest BCUT2D eigenvalue weighted by atomic mass is 10.1. The van der Waals surface area contributed by atoms with Gasteiger partial charge >= 0.3 is 0 Å². The Hall–Kier alpha value is -1.79. The van der Waals surface area contributed by atoms with Gasteiger partial charge in [0.1, 0.15) is 5.75 Å². The molecule has 6 nitrogen and oxygen atoms in total. The van der Waals surface area contributed by atoms with Crippen LogP contribution >= 0.6 is 12.4 Å². The van der Waals surface area contributed by atoms with Gasteiger partial charge in [-0.05, 0) is 38.8 Å². The quantitative estimate of drug-likeness (QED) is 0.703. The first kappa shape index (κ1) is 19.3. The number of amides is 2. The van der Waals surface area contributed by atoms with E-state index in [1.807, 2.05) is 13.8 Å². The molecule has 0 unspecified atom stereocenters. The molecule has 0 bridgehead atoms. The van der Waals surface area contributed by atoms with Crippen molar-refractivity contribution in [2.45, 2.75) is 32.2 Å². The molecule has 0 heterocycles. The van der Waals surface area contributed by atoms with E-state index in [0.29, 0.717) is 18.0 Å². The zero-order valence-electron chi connectivity index (χ0n) is 13.4. The topological polar surface area (TPSA) is 93.4 Å². The highest BCUT2D eigenvalue weighted by atomic mass is 35.5. The van der Waals surface area contributed by atoms with Crippen LogP contribution in [0.3, 0.4) is 0 Å². The molecule has 1 aliphatic rings. The number of nitrogens with two attached hydrogens (primary N) is 1. The van der Waals surface area contributed by atoms with Gasteiger partial charge in [-0.3, -0.25) is 9.59 Å². The second kappa shape index (κ2) is 8.17. The molecule has 2 rings (SSSR count). The van der Waals surface area contributed by atoms with Crippen LogP contribution in [-0.2, 0) is 9.59 Å². The van der Waals surface area contributed by atoms with E-state index in [4.69, 9.17) is 10.5 Å². The molecule has 0 spiro atoms. The van der Waals surface area contributed by atoms with Gasteiger partial charge in [-0.15, -0.1) is 12.4 Å². The molecule has 2 amide bonds. The first-order chi connectivity index (χ1) is 10.4. The summed E-state index contributed by atoms with van der Waals surface area (Å²) in [6.07, 6.45) is 1.91. The fourth-order valence-corrected chi connectivity index (χ4v) is 1.87. The van der Waals surface area contributed by atoms with Crippen LogP contribution < -0.4 is 21.1 Å².